The van der Waals surface area contributed by atoms with Gasteiger partial charge in [-0.1, -0.05) is 66.2 Å². The average molecular weight is 560 g/mol. The van der Waals surface area contributed by atoms with Crippen LogP contribution in [-0.4, -0.2) is 23.2 Å². The zero-order valence-corrected chi connectivity index (χ0v) is 24.6. The Bertz CT molecular complexity index is 1020. The molecule has 36 heavy (non-hydrogen) atoms. The normalized spacial score (nSPS) is 12.3. The first-order valence-corrected chi connectivity index (χ1v) is 14.0. The zero-order valence-electron chi connectivity index (χ0n) is 23.0. The Labute approximate surface area is 226 Å². The van der Waals surface area contributed by atoms with E-state index in [1.165, 1.54) is 0 Å². The van der Waals surface area contributed by atoms with Crippen LogP contribution < -0.4 is 15.4 Å². The fourth-order valence-electron chi connectivity index (χ4n) is 3.55. The molecule has 0 atom stereocenters. The second-order valence-corrected chi connectivity index (χ2v) is 8.53. The van der Waals surface area contributed by atoms with Crippen LogP contribution in [0.5, 0.6) is 5.75 Å². The summed E-state index contributed by atoms with van der Waals surface area (Å²) in [6, 6.07) is 7.81. The number of allylic oxidation sites excluding steroid dienone is 1. The number of carbonyl (C=O) groups excluding carboxylic acids is 1. The number of halogens is 1. The van der Waals surface area contributed by atoms with Crippen LogP contribution in [0.2, 0.25) is 0 Å². The summed E-state index contributed by atoms with van der Waals surface area (Å²) in [5.74, 6) is 1.51. The molecule has 2 N–H and O–H groups in total. The number of carbonyl (C=O) groups is 1. The van der Waals surface area contributed by atoms with E-state index in [4.69, 9.17) is 4.74 Å². The van der Waals surface area contributed by atoms with Crippen molar-refractivity contribution in [3.05, 3.63) is 57.8 Å². The lowest BCUT2D eigenvalue weighted by atomic mass is 10.1. The van der Waals surface area contributed by atoms with Gasteiger partial charge in [-0.15, -0.1) is 0 Å². The second-order valence-electron chi connectivity index (χ2n) is 7.68. The Kier molecular flexibility index (Phi) is 15.4. The van der Waals surface area contributed by atoms with Crippen LogP contribution >= 0.6 is 15.9 Å². The Balaban J connectivity index is 0.00000154. The van der Waals surface area contributed by atoms with Gasteiger partial charge in [0.15, 0.2) is 0 Å². The molecule has 1 aromatic heterocycles. The van der Waals surface area contributed by atoms with Crippen molar-refractivity contribution < 1.29 is 9.53 Å². The molecule has 0 saturated carbocycles. The molecule has 198 valence electrons. The van der Waals surface area contributed by atoms with Gasteiger partial charge in [0.2, 0.25) is 0 Å². The van der Waals surface area contributed by atoms with Crippen LogP contribution in [-0.2, 0) is 17.8 Å². The quantitative estimate of drug-likeness (QED) is 0.227. The van der Waals surface area contributed by atoms with Gasteiger partial charge in [-0.3, -0.25) is 9.79 Å². The molecule has 1 amide bonds. The highest BCUT2D eigenvalue weighted by Crippen LogP contribution is 2.37. The zero-order chi connectivity index (χ0) is 26.9. The molecule has 0 spiro atoms. The first kappa shape index (κ1) is 31.4. The summed E-state index contributed by atoms with van der Waals surface area (Å²) in [7, 11) is 0. The minimum Gasteiger partial charge on any atom is -0.492 e. The number of ether oxygens (including phenoxy) is 1. The highest BCUT2D eigenvalue weighted by Gasteiger charge is 2.20. The number of aromatic nitrogens is 1. The smallest absolute Gasteiger partial charge is 0.273 e. The molecule has 2 aromatic rings. The van der Waals surface area contributed by atoms with Crippen LogP contribution in [0, 0.1) is 0 Å². The Morgan fingerprint density at radius 1 is 1.22 bits per heavy atom. The number of hydrogen-bond donors (Lipinski definition) is 2. The molecular formula is C29H43BrN4O2. The minimum atomic E-state index is -0.190. The fraction of sp³-hybridized carbons (Fsp3) is 0.483. The van der Waals surface area contributed by atoms with E-state index in [-0.39, 0.29) is 5.91 Å². The van der Waals surface area contributed by atoms with Crippen molar-refractivity contribution in [2.45, 2.75) is 87.1 Å². The molecular weight excluding hydrogens is 516 g/mol. The molecule has 0 aliphatic carbocycles. The number of fused-ring (bicyclic) bond motifs is 1. The van der Waals surface area contributed by atoms with Crippen LogP contribution in [0.25, 0.3) is 0 Å². The first-order valence-electron chi connectivity index (χ1n) is 13.2. The summed E-state index contributed by atoms with van der Waals surface area (Å²) >= 11 is 3.49. The lowest BCUT2D eigenvalue weighted by Gasteiger charge is -2.12. The van der Waals surface area contributed by atoms with Gasteiger partial charge in [0.05, 0.1) is 11.1 Å². The second kappa shape index (κ2) is 17.7. The Hall–Kier alpha value is -2.67. The van der Waals surface area contributed by atoms with Crippen molar-refractivity contribution >= 4 is 39.1 Å². The van der Waals surface area contributed by atoms with Gasteiger partial charge in [-0.25, -0.2) is 4.98 Å². The summed E-state index contributed by atoms with van der Waals surface area (Å²) in [4.78, 5) is 21.9. The molecule has 3 rings (SSSR count). The number of nitrogens with zero attached hydrogens (tertiary/aromatic N) is 2. The van der Waals surface area contributed by atoms with Gasteiger partial charge in [-0.2, -0.15) is 0 Å². The van der Waals surface area contributed by atoms with E-state index in [1.807, 2.05) is 58.9 Å². The number of nitrogens with one attached hydrogen (secondary N) is 2. The molecule has 2 heterocycles. The number of amides is 1. The van der Waals surface area contributed by atoms with Crippen LogP contribution in [0.4, 0.5) is 11.5 Å². The lowest BCUT2D eigenvalue weighted by Crippen LogP contribution is -2.15. The number of hydrogen-bond acceptors (Lipinski definition) is 5. The number of aliphatic imine (C=N–C) groups is 1. The van der Waals surface area contributed by atoms with Crippen molar-refractivity contribution in [3.63, 3.8) is 0 Å². The monoisotopic (exact) mass is 558 g/mol. The lowest BCUT2D eigenvalue weighted by molar-refractivity contribution is -0.112. The van der Waals surface area contributed by atoms with Crippen LogP contribution in [0.3, 0.4) is 0 Å². The predicted molar refractivity (Wildman–Crippen MR) is 157 cm³/mol. The van der Waals surface area contributed by atoms with Crippen molar-refractivity contribution in [3.8, 4) is 5.75 Å². The minimum absolute atomic E-state index is 0.190. The molecule has 6 nitrogen and oxygen atoms in total. The average Bonchev–Trinajstić information content (AvgIpc) is 3.42. The molecule has 1 aliphatic rings. The van der Waals surface area contributed by atoms with Crippen molar-refractivity contribution in [2.75, 3.05) is 17.2 Å². The molecule has 0 fully saturated rings. The maximum Gasteiger partial charge on any atom is 0.273 e. The fourth-order valence-corrected chi connectivity index (χ4v) is 4.01. The van der Waals surface area contributed by atoms with E-state index in [1.54, 1.807) is 12.3 Å². The van der Waals surface area contributed by atoms with Crippen molar-refractivity contribution in [1.29, 1.82) is 0 Å². The molecule has 0 bridgehead atoms. The van der Waals surface area contributed by atoms with Crippen molar-refractivity contribution in [2.24, 2.45) is 4.99 Å². The van der Waals surface area contributed by atoms with E-state index in [0.29, 0.717) is 18.8 Å². The third-order valence-corrected chi connectivity index (χ3v) is 5.90. The van der Waals surface area contributed by atoms with Gasteiger partial charge in [0, 0.05) is 36.1 Å². The van der Waals surface area contributed by atoms with E-state index < -0.39 is 0 Å². The van der Waals surface area contributed by atoms with Gasteiger partial charge in [0.1, 0.15) is 17.3 Å². The Morgan fingerprint density at radius 2 is 1.97 bits per heavy atom. The standard InChI is InChI=1S/C25H31BrN4O2.2C2H6/c1-4-7-10-18(5-2)29-22(6-3)25(31)30-19-11-8-9-17(14-19)15-27-24-20-12-13-32-23(20)21(26)16-28-24;2*1-2/h6,8-9,11,14,16H,4-5,7,10,12-13,15H2,1-3H3,(H,27,28)(H,30,31);2*1-2H3/b22-6-,29-18?;;. The SMILES string of the molecule is C/C=C(\N=C(CC)CCCC)C(=O)Nc1cccc(CNc2ncc(Br)c3c2CCO3)c1.CC.CC. The van der Waals surface area contributed by atoms with Gasteiger partial charge in [0.25, 0.3) is 5.91 Å². The molecule has 7 heteroatoms. The van der Waals surface area contributed by atoms with E-state index in [9.17, 15) is 4.79 Å². The molecule has 1 aromatic carbocycles. The topological polar surface area (TPSA) is 75.6 Å². The molecule has 0 saturated heterocycles. The van der Waals surface area contributed by atoms with Gasteiger partial charge >= 0.3 is 0 Å². The van der Waals surface area contributed by atoms with Crippen molar-refractivity contribution in [1.82, 2.24) is 4.98 Å². The summed E-state index contributed by atoms with van der Waals surface area (Å²) in [6.07, 6.45) is 8.34. The first-order chi connectivity index (χ1) is 17.5. The number of unbranched alkanes of at least 4 members (excludes halogenated alkanes) is 1. The van der Waals surface area contributed by atoms with Crippen LogP contribution in [0.15, 0.2) is 51.7 Å². The summed E-state index contributed by atoms with van der Waals surface area (Å²) in [6.45, 7) is 15.4. The Morgan fingerprint density at radius 3 is 2.64 bits per heavy atom. The maximum atomic E-state index is 12.8. The number of pyridine rings is 1. The number of rotatable bonds is 10. The van der Waals surface area contributed by atoms with E-state index >= 15 is 0 Å². The third-order valence-electron chi connectivity index (χ3n) is 5.34. The highest BCUT2D eigenvalue weighted by molar-refractivity contribution is 9.10. The van der Waals surface area contributed by atoms with E-state index in [2.05, 4.69) is 50.4 Å². The highest BCUT2D eigenvalue weighted by atomic mass is 79.9. The summed E-state index contributed by atoms with van der Waals surface area (Å²) < 4.78 is 6.56. The van der Waals surface area contributed by atoms with Gasteiger partial charge < -0.3 is 15.4 Å². The largest absolute Gasteiger partial charge is 0.492 e. The molecule has 0 radical (unpaired) electrons. The molecule has 1 aliphatic heterocycles. The van der Waals surface area contributed by atoms with E-state index in [0.717, 1.165) is 70.7 Å². The molecule has 0 unspecified atom stereocenters. The predicted octanol–water partition coefficient (Wildman–Crippen LogP) is 8.33. The summed E-state index contributed by atoms with van der Waals surface area (Å²) in [5, 5.41) is 6.38. The number of benzene rings is 1. The maximum absolute atomic E-state index is 12.8. The number of anilines is 2. The van der Waals surface area contributed by atoms with Gasteiger partial charge in [-0.05, 0) is 59.8 Å². The third kappa shape index (κ3) is 9.41. The summed E-state index contributed by atoms with van der Waals surface area (Å²) in [5.41, 5.74) is 4.40. The van der Waals surface area contributed by atoms with Crippen LogP contribution in [0.1, 0.15) is 85.3 Å².